The molecule has 0 aromatic heterocycles. The Morgan fingerprint density at radius 2 is 2.22 bits per heavy atom. The van der Waals surface area contributed by atoms with Gasteiger partial charge in [0.1, 0.15) is 0 Å². The van der Waals surface area contributed by atoms with Crippen LogP contribution in [0.25, 0.3) is 0 Å². The lowest BCUT2D eigenvalue weighted by molar-refractivity contribution is 0.188. The van der Waals surface area contributed by atoms with Crippen molar-refractivity contribution in [3.05, 3.63) is 29.3 Å². The molecule has 1 aliphatic rings. The molecule has 18 heavy (non-hydrogen) atoms. The second kappa shape index (κ2) is 6.76. The lowest BCUT2D eigenvalue weighted by atomic mass is 10.1. The van der Waals surface area contributed by atoms with E-state index in [9.17, 15) is 0 Å². The van der Waals surface area contributed by atoms with Crippen molar-refractivity contribution >= 4 is 5.69 Å². The van der Waals surface area contributed by atoms with Crippen LogP contribution in [-0.4, -0.2) is 36.2 Å². The third-order valence-electron chi connectivity index (χ3n) is 3.57. The molecular weight excluding hydrogens is 224 g/mol. The Hall–Kier alpha value is -1.06. The number of fused-ring (bicyclic) bond motifs is 1. The molecular formula is C15H24N2O. The van der Waals surface area contributed by atoms with Gasteiger partial charge in [-0.05, 0) is 30.5 Å². The predicted molar refractivity (Wildman–Crippen MR) is 75.9 cm³/mol. The van der Waals surface area contributed by atoms with E-state index in [1.165, 1.54) is 29.7 Å². The Balaban J connectivity index is 2.04. The Labute approximate surface area is 110 Å². The summed E-state index contributed by atoms with van der Waals surface area (Å²) >= 11 is 0. The van der Waals surface area contributed by atoms with Gasteiger partial charge in [-0.15, -0.1) is 0 Å². The standard InChI is InChI=1S/C15H24N2O/c1-2-3-9-17(10-11-18)12-14-6-4-5-13-7-8-16-15(13)14/h4-6,16,18H,2-3,7-12H2,1H3. The van der Waals surface area contributed by atoms with Crippen LogP contribution >= 0.6 is 0 Å². The number of para-hydroxylation sites is 1. The fourth-order valence-electron chi connectivity index (χ4n) is 2.58. The van der Waals surface area contributed by atoms with Gasteiger partial charge in [0.25, 0.3) is 0 Å². The number of nitrogens with one attached hydrogen (secondary N) is 1. The molecule has 2 N–H and O–H groups in total. The molecule has 1 aromatic carbocycles. The number of unbranched alkanes of at least 4 members (excludes halogenated alkanes) is 1. The van der Waals surface area contributed by atoms with Crippen molar-refractivity contribution in [3.8, 4) is 0 Å². The maximum absolute atomic E-state index is 9.15. The first-order valence-corrected chi connectivity index (χ1v) is 7.03. The third kappa shape index (κ3) is 3.24. The van der Waals surface area contributed by atoms with Gasteiger partial charge in [-0.1, -0.05) is 31.5 Å². The summed E-state index contributed by atoms with van der Waals surface area (Å²) in [6.45, 7) is 6.29. The van der Waals surface area contributed by atoms with Crippen LogP contribution in [-0.2, 0) is 13.0 Å². The zero-order valence-corrected chi connectivity index (χ0v) is 11.3. The van der Waals surface area contributed by atoms with Gasteiger partial charge in [0.05, 0.1) is 6.61 Å². The van der Waals surface area contributed by atoms with Crippen LogP contribution in [0.4, 0.5) is 5.69 Å². The number of anilines is 1. The van der Waals surface area contributed by atoms with Gasteiger partial charge >= 0.3 is 0 Å². The lowest BCUT2D eigenvalue weighted by Crippen LogP contribution is -2.27. The normalized spacial score (nSPS) is 13.7. The molecule has 0 bridgehead atoms. The first kappa shape index (κ1) is 13.4. The molecule has 0 spiro atoms. The lowest BCUT2D eigenvalue weighted by Gasteiger charge is -2.22. The van der Waals surface area contributed by atoms with Crippen LogP contribution in [0, 0.1) is 0 Å². The van der Waals surface area contributed by atoms with Crippen LogP contribution in [0.15, 0.2) is 18.2 Å². The van der Waals surface area contributed by atoms with E-state index in [-0.39, 0.29) is 6.61 Å². The van der Waals surface area contributed by atoms with Crippen molar-refractivity contribution in [2.75, 3.05) is 31.6 Å². The van der Waals surface area contributed by atoms with Crippen molar-refractivity contribution < 1.29 is 5.11 Å². The Kier molecular flexibility index (Phi) is 5.02. The van der Waals surface area contributed by atoms with Crippen molar-refractivity contribution in [2.24, 2.45) is 0 Å². The molecule has 0 saturated carbocycles. The van der Waals surface area contributed by atoms with Gasteiger partial charge in [-0.25, -0.2) is 0 Å². The summed E-state index contributed by atoms with van der Waals surface area (Å²) < 4.78 is 0. The van der Waals surface area contributed by atoms with Crippen molar-refractivity contribution in [1.29, 1.82) is 0 Å². The molecule has 100 valence electrons. The zero-order valence-electron chi connectivity index (χ0n) is 11.3. The van der Waals surface area contributed by atoms with E-state index in [4.69, 9.17) is 5.11 Å². The van der Waals surface area contributed by atoms with Crippen molar-refractivity contribution in [2.45, 2.75) is 32.7 Å². The minimum atomic E-state index is 0.242. The number of nitrogens with zero attached hydrogens (tertiary/aromatic N) is 1. The summed E-state index contributed by atoms with van der Waals surface area (Å²) in [6, 6.07) is 6.56. The number of hydrogen-bond donors (Lipinski definition) is 2. The average molecular weight is 248 g/mol. The molecule has 1 heterocycles. The Morgan fingerprint density at radius 1 is 1.33 bits per heavy atom. The summed E-state index contributed by atoms with van der Waals surface area (Å²) in [6.07, 6.45) is 3.54. The van der Waals surface area contributed by atoms with E-state index in [0.29, 0.717) is 0 Å². The maximum atomic E-state index is 9.15. The number of rotatable bonds is 7. The molecule has 1 aromatic rings. The summed E-state index contributed by atoms with van der Waals surface area (Å²) in [5.74, 6) is 0. The summed E-state index contributed by atoms with van der Waals surface area (Å²) in [4.78, 5) is 2.35. The van der Waals surface area contributed by atoms with Gasteiger partial charge in [0.2, 0.25) is 0 Å². The molecule has 2 rings (SSSR count). The molecule has 0 atom stereocenters. The molecule has 0 saturated heterocycles. The van der Waals surface area contributed by atoms with E-state index in [1.807, 2.05) is 0 Å². The van der Waals surface area contributed by atoms with Gasteiger partial charge in [-0.2, -0.15) is 0 Å². The van der Waals surface area contributed by atoms with Crippen LogP contribution < -0.4 is 5.32 Å². The van der Waals surface area contributed by atoms with Crippen LogP contribution in [0.5, 0.6) is 0 Å². The number of hydrogen-bond acceptors (Lipinski definition) is 3. The fraction of sp³-hybridized carbons (Fsp3) is 0.600. The van der Waals surface area contributed by atoms with Gasteiger partial charge in [-0.3, -0.25) is 4.90 Å². The number of aliphatic hydroxyl groups excluding tert-OH is 1. The van der Waals surface area contributed by atoms with Crippen LogP contribution in [0.1, 0.15) is 30.9 Å². The van der Waals surface area contributed by atoms with Crippen molar-refractivity contribution in [1.82, 2.24) is 4.90 Å². The van der Waals surface area contributed by atoms with Crippen LogP contribution in [0.3, 0.4) is 0 Å². The second-order valence-corrected chi connectivity index (χ2v) is 4.98. The minimum Gasteiger partial charge on any atom is -0.395 e. The molecule has 0 aliphatic carbocycles. The SMILES string of the molecule is CCCCN(CCO)Cc1cccc2c1NCC2. The average Bonchev–Trinajstić information content (AvgIpc) is 2.85. The topological polar surface area (TPSA) is 35.5 Å². The molecule has 3 nitrogen and oxygen atoms in total. The zero-order chi connectivity index (χ0) is 12.8. The first-order valence-electron chi connectivity index (χ1n) is 7.03. The van der Waals surface area contributed by atoms with E-state index < -0.39 is 0 Å². The van der Waals surface area contributed by atoms with Gasteiger partial charge in [0, 0.05) is 25.3 Å². The highest BCUT2D eigenvalue weighted by Gasteiger charge is 2.15. The predicted octanol–water partition coefficient (Wildman–Crippen LogP) is 2.25. The van der Waals surface area contributed by atoms with Gasteiger partial charge < -0.3 is 10.4 Å². The molecule has 0 amide bonds. The molecule has 0 unspecified atom stereocenters. The van der Waals surface area contributed by atoms with E-state index >= 15 is 0 Å². The second-order valence-electron chi connectivity index (χ2n) is 4.98. The smallest absolute Gasteiger partial charge is 0.0558 e. The third-order valence-corrected chi connectivity index (χ3v) is 3.57. The number of benzene rings is 1. The Bertz CT molecular complexity index is 379. The quantitative estimate of drug-likeness (QED) is 0.777. The monoisotopic (exact) mass is 248 g/mol. The molecule has 1 aliphatic heterocycles. The maximum Gasteiger partial charge on any atom is 0.0558 e. The highest BCUT2D eigenvalue weighted by molar-refractivity contribution is 5.61. The first-order chi connectivity index (χ1) is 8.85. The van der Waals surface area contributed by atoms with E-state index in [1.54, 1.807) is 0 Å². The van der Waals surface area contributed by atoms with E-state index in [2.05, 4.69) is 35.3 Å². The molecule has 3 heteroatoms. The fourth-order valence-corrected chi connectivity index (χ4v) is 2.58. The molecule has 0 radical (unpaired) electrons. The highest BCUT2D eigenvalue weighted by atomic mass is 16.3. The van der Waals surface area contributed by atoms with Gasteiger partial charge in [0.15, 0.2) is 0 Å². The van der Waals surface area contributed by atoms with E-state index in [0.717, 1.165) is 32.6 Å². The number of aliphatic hydroxyl groups is 1. The minimum absolute atomic E-state index is 0.242. The molecule has 0 fully saturated rings. The van der Waals surface area contributed by atoms with Crippen molar-refractivity contribution in [3.63, 3.8) is 0 Å². The summed E-state index contributed by atoms with van der Waals surface area (Å²) in [5.41, 5.74) is 4.14. The largest absolute Gasteiger partial charge is 0.395 e. The summed E-state index contributed by atoms with van der Waals surface area (Å²) in [5, 5.41) is 12.6. The highest BCUT2D eigenvalue weighted by Crippen LogP contribution is 2.27. The Morgan fingerprint density at radius 3 is 3.00 bits per heavy atom. The summed E-state index contributed by atoms with van der Waals surface area (Å²) in [7, 11) is 0. The van der Waals surface area contributed by atoms with Crippen LogP contribution in [0.2, 0.25) is 0 Å².